The Kier molecular flexibility index (Phi) is 5.64. The van der Waals surface area contributed by atoms with E-state index in [1.165, 1.54) is 0 Å². The minimum atomic E-state index is -1.18. The number of hydrogen-bond donors (Lipinski definition) is 1. The molecule has 1 aliphatic heterocycles. The molecule has 3 amide bonds. The van der Waals surface area contributed by atoms with Gasteiger partial charge in [-0.1, -0.05) is 15.9 Å². The molecule has 24 heavy (non-hydrogen) atoms. The summed E-state index contributed by atoms with van der Waals surface area (Å²) in [6.45, 7) is 7.05. The molecule has 2 rings (SSSR count). The van der Waals surface area contributed by atoms with Crippen molar-refractivity contribution in [1.29, 1.82) is 0 Å². The standard InChI is InChI=1S/C17H22BrN3O3/c1-12-10-13(18)4-5-14(12)19-15(23)17(2,3)16(24)21-8-6-20(11-22)7-9-21/h4-5,10-11H,6-9H2,1-3H3,(H,19,23). The molecule has 130 valence electrons. The van der Waals surface area contributed by atoms with Gasteiger partial charge in [-0.25, -0.2) is 0 Å². The number of rotatable bonds is 4. The predicted molar refractivity (Wildman–Crippen MR) is 95.5 cm³/mol. The van der Waals surface area contributed by atoms with E-state index in [-0.39, 0.29) is 11.8 Å². The first-order valence-corrected chi connectivity index (χ1v) is 8.61. The largest absolute Gasteiger partial charge is 0.342 e. The Hall–Kier alpha value is -1.89. The Morgan fingerprint density at radius 3 is 2.38 bits per heavy atom. The maximum atomic E-state index is 12.7. The first kappa shape index (κ1) is 18.4. The van der Waals surface area contributed by atoms with Gasteiger partial charge in [0.25, 0.3) is 0 Å². The van der Waals surface area contributed by atoms with Crippen molar-refractivity contribution in [2.45, 2.75) is 20.8 Å². The average molecular weight is 396 g/mol. The van der Waals surface area contributed by atoms with Crippen LogP contribution < -0.4 is 5.32 Å². The summed E-state index contributed by atoms with van der Waals surface area (Å²) in [7, 11) is 0. The van der Waals surface area contributed by atoms with Crippen molar-refractivity contribution in [3.05, 3.63) is 28.2 Å². The van der Waals surface area contributed by atoms with Crippen molar-refractivity contribution < 1.29 is 14.4 Å². The van der Waals surface area contributed by atoms with Crippen LogP contribution in [0.4, 0.5) is 5.69 Å². The zero-order chi connectivity index (χ0) is 17.9. The number of carbonyl (C=O) groups excluding carboxylic acids is 3. The highest BCUT2D eigenvalue weighted by Crippen LogP contribution is 2.25. The molecule has 0 saturated carbocycles. The molecular formula is C17H22BrN3O3. The normalized spacial score (nSPS) is 15.2. The molecule has 0 atom stereocenters. The lowest BCUT2D eigenvalue weighted by Crippen LogP contribution is -2.54. The molecule has 0 unspecified atom stereocenters. The Bertz CT molecular complexity index is 652. The van der Waals surface area contributed by atoms with Crippen molar-refractivity contribution in [3.8, 4) is 0 Å². The zero-order valence-corrected chi connectivity index (χ0v) is 15.7. The molecule has 0 spiro atoms. The highest BCUT2D eigenvalue weighted by molar-refractivity contribution is 9.10. The molecule has 0 radical (unpaired) electrons. The molecule has 1 heterocycles. The monoisotopic (exact) mass is 395 g/mol. The summed E-state index contributed by atoms with van der Waals surface area (Å²) in [6.07, 6.45) is 0.788. The lowest BCUT2D eigenvalue weighted by atomic mass is 9.89. The van der Waals surface area contributed by atoms with Gasteiger partial charge in [-0.15, -0.1) is 0 Å². The fourth-order valence-electron chi connectivity index (χ4n) is 2.57. The smallest absolute Gasteiger partial charge is 0.239 e. The molecular weight excluding hydrogens is 374 g/mol. The van der Waals surface area contributed by atoms with E-state index in [4.69, 9.17) is 0 Å². The third kappa shape index (κ3) is 3.95. The summed E-state index contributed by atoms with van der Waals surface area (Å²) in [4.78, 5) is 39.4. The molecule has 1 aromatic rings. The van der Waals surface area contributed by atoms with Gasteiger partial charge in [0.1, 0.15) is 5.41 Å². The molecule has 1 N–H and O–H groups in total. The number of nitrogens with zero attached hydrogens (tertiary/aromatic N) is 2. The fraction of sp³-hybridized carbons (Fsp3) is 0.471. The minimum Gasteiger partial charge on any atom is -0.342 e. The lowest BCUT2D eigenvalue weighted by molar-refractivity contribution is -0.148. The Morgan fingerprint density at radius 1 is 1.21 bits per heavy atom. The van der Waals surface area contributed by atoms with E-state index in [2.05, 4.69) is 21.2 Å². The maximum Gasteiger partial charge on any atom is 0.239 e. The lowest BCUT2D eigenvalue weighted by Gasteiger charge is -2.36. The van der Waals surface area contributed by atoms with Crippen molar-refractivity contribution in [2.24, 2.45) is 5.41 Å². The van der Waals surface area contributed by atoms with Gasteiger partial charge in [0.2, 0.25) is 18.2 Å². The van der Waals surface area contributed by atoms with Crippen LogP contribution in [0.1, 0.15) is 19.4 Å². The van der Waals surface area contributed by atoms with Gasteiger partial charge in [0, 0.05) is 36.3 Å². The highest BCUT2D eigenvalue weighted by Gasteiger charge is 2.40. The second-order valence-corrected chi connectivity index (χ2v) is 7.39. The Labute approximate surface area is 150 Å². The molecule has 1 aromatic carbocycles. The van der Waals surface area contributed by atoms with Crippen molar-refractivity contribution in [3.63, 3.8) is 0 Å². The van der Waals surface area contributed by atoms with Crippen LogP contribution in [-0.4, -0.2) is 54.2 Å². The van der Waals surface area contributed by atoms with E-state index < -0.39 is 5.41 Å². The molecule has 7 heteroatoms. The number of anilines is 1. The van der Waals surface area contributed by atoms with Crippen LogP contribution in [-0.2, 0) is 14.4 Å². The molecule has 1 aliphatic rings. The van der Waals surface area contributed by atoms with Gasteiger partial charge in [0.05, 0.1) is 0 Å². The van der Waals surface area contributed by atoms with Crippen molar-refractivity contribution in [1.82, 2.24) is 9.80 Å². The topological polar surface area (TPSA) is 69.7 Å². The van der Waals surface area contributed by atoms with Crippen LogP contribution in [0, 0.1) is 12.3 Å². The van der Waals surface area contributed by atoms with E-state index >= 15 is 0 Å². The SMILES string of the molecule is Cc1cc(Br)ccc1NC(=O)C(C)(C)C(=O)N1CCN(C=O)CC1. The van der Waals surface area contributed by atoms with E-state index in [9.17, 15) is 14.4 Å². The number of amides is 3. The minimum absolute atomic E-state index is 0.222. The zero-order valence-electron chi connectivity index (χ0n) is 14.1. The summed E-state index contributed by atoms with van der Waals surface area (Å²) in [5, 5.41) is 2.84. The van der Waals surface area contributed by atoms with Crippen molar-refractivity contribution in [2.75, 3.05) is 31.5 Å². The van der Waals surface area contributed by atoms with Crippen LogP contribution in [0.3, 0.4) is 0 Å². The third-order valence-electron chi connectivity index (χ3n) is 4.29. The first-order chi connectivity index (χ1) is 11.3. The molecule has 0 aromatic heterocycles. The number of piperazine rings is 1. The van der Waals surface area contributed by atoms with Crippen LogP contribution in [0.2, 0.25) is 0 Å². The molecule has 6 nitrogen and oxygen atoms in total. The number of aryl methyl sites for hydroxylation is 1. The number of halogens is 1. The maximum absolute atomic E-state index is 12.7. The molecule has 1 fully saturated rings. The van der Waals surface area contributed by atoms with Gasteiger partial charge >= 0.3 is 0 Å². The predicted octanol–water partition coefficient (Wildman–Crippen LogP) is 2.02. The van der Waals surface area contributed by atoms with E-state index in [0.717, 1.165) is 16.4 Å². The Morgan fingerprint density at radius 2 is 1.83 bits per heavy atom. The first-order valence-electron chi connectivity index (χ1n) is 7.82. The van der Waals surface area contributed by atoms with Gasteiger partial charge in [-0.05, 0) is 44.5 Å². The highest BCUT2D eigenvalue weighted by atomic mass is 79.9. The average Bonchev–Trinajstić information content (AvgIpc) is 2.56. The van der Waals surface area contributed by atoms with Crippen LogP contribution >= 0.6 is 15.9 Å². The van der Waals surface area contributed by atoms with E-state index in [1.807, 2.05) is 19.1 Å². The number of nitrogens with one attached hydrogen (secondary N) is 1. The number of hydrogen-bond acceptors (Lipinski definition) is 3. The summed E-state index contributed by atoms with van der Waals surface area (Å²) in [6, 6.07) is 5.56. The number of benzene rings is 1. The van der Waals surface area contributed by atoms with Crippen LogP contribution in [0.5, 0.6) is 0 Å². The van der Waals surface area contributed by atoms with Gasteiger partial charge in [-0.2, -0.15) is 0 Å². The van der Waals surface area contributed by atoms with E-state index in [0.29, 0.717) is 31.9 Å². The van der Waals surface area contributed by atoms with Gasteiger partial charge in [-0.3, -0.25) is 14.4 Å². The summed E-state index contributed by atoms with van der Waals surface area (Å²) >= 11 is 3.39. The molecule has 1 saturated heterocycles. The third-order valence-corrected chi connectivity index (χ3v) is 4.78. The fourth-order valence-corrected chi connectivity index (χ4v) is 3.04. The quantitative estimate of drug-likeness (QED) is 0.626. The van der Waals surface area contributed by atoms with Gasteiger partial charge in [0.15, 0.2) is 0 Å². The summed E-state index contributed by atoms with van der Waals surface area (Å²) < 4.78 is 0.932. The number of carbonyl (C=O) groups is 3. The Balaban J connectivity index is 2.06. The second kappa shape index (κ2) is 7.34. The second-order valence-electron chi connectivity index (χ2n) is 6.47. The molecule has 0 bridgehead atoms. The van der Waals surface area contributed by atoms with Crippen LogP contribution in [0.15, 0.2) is 22.7 Å². The molecule has 0 aliphatic carbocycles. The van der Waals surface area contributed by atoms with E-state index in [1.54, 1.807) is 29.7 Å². The van der Waals surface area contributed by atoms with Crippen LogP contribution in [0.25, 0.3) is 0 Å². The van der Waals surface area contributed by atoms with Crippen molar-refractivity contribution >= 4 is 39.8 Å². The summed E-state index contributed by atoms with van der Waals surface area (Å²) in [5.41, 5.74) is 0.429. The summed E-state index contributed by atoms with van der Waals surface area (Å²) in [5.74, 6) is -0.559. The van der Waals surface area contributed by atoms with Gasteiger partial charge < -0.3 is 15.1 Å².